The Balaban J connectivity index is 2.55. The van der Waals surface area contributed by atoms with Crippen molar-refractivity contribution in [1.29, 1.82) is 0 Å². The summed E-state index contributed by atoms with van der Waals surface area (Å²) in [6.07, 6.45) is 3.75. The summed E-state index contributed by atoms with van der Waals surface area (Å²) in [5, 5.41) is 4.11. The highest BCUT2D eigenvalue weighted by atomic mass is 16.6. The maximum atomic E-state index is 11.9. The second-order valence-electron chi connectivity index (χ2n) is 5.65. The molecule has 0 aliphatic heterocycles. The summed E-state index contributed by atoms with van der Waals surface area (Å²) in [7, 11) is 3.78. The fraction of sp³-hybridized carbons (Fsp3) is 0.692. The van der Waals surface area contributed by atoms with Crippen LogP contribution in [0.25, 0.3) is 0 Å². The number of aryl methyl sites for hydroxylation is 1. The molecule has 0 N–H and O–H groups in total. The van der Waals surface area contributed by atoms with Gasteiger partial charge in [-0.15, -0.1) is 0 Å². The number of esters is 1. The topological polar surface area (TPSA) is 47.4 Å². The van der Waals surface area contributed by atoms with Crippen LogP contribution in [0.2, 0.25) is 0 Å². The zero-order valence-corrected chi connectivity index (χ0v) is 12.1. The Bertz CT molecular complexity index is 407. The van der Waals surface area contributed by atoms with Crippen molar-refractivity contribution in [3.8, 4) is 0 Å². The largest absolute Gasteiger partial charge is 0.459 e. The molecule has 1 heterocycles. The number of hydrogen-bond donors (Lipinski definition) is 0. The Kier molecular flexibility index (Phi) is 4.51. The van der Waals surface area contributed by atoms with Crippen LogP contribution in [0.5, 0.6) is 0 Å². The van der Waals surface area contributed by atoms with E-state index in [0.717, 1.165) is 5.56 Å². The summed E-state index contributed by atoms with van der Waals surface area (Å²) in [4.78, 5) is 13.9. The van der Waals surface area contributed by atoms with Gasteiger partial charge in [0.05, 0.1) is 6.20 Å². The van der Waals surface area contributed by atoms with E-state index in [0.29, 0.717) is 6.54 Å². The second-order valence-corrected chi connectivity index (χ2v) is 5.65. The van der Waals surface area contributed by atoms with E-state index in [9.17, 15) is 4.79 Å². The van der Waals surface area contributed by atoms with E-state index in [-0.39, 0.29) is 12.0 Å². The van der Waals surface area contributed by atoms with Gasteiger partial charge in [0, 0.05) is 25.4 Å². The number of likely N-dealkylation sites (N-methyl/N-ethyl adjacent to an activating group) is 1. The lowest BCUT2D eigenvalue weighted by atomic mass is 10.2. The Labute approximate surface area is 109 Å². The van der Waals surface area contributed by atoms with Gasteiger partial charge in [-0.05, 0) is 34.7 Å². The van der Waals surface area contributed by atoms with E-state index < -0.39 is 5.60 Å². The van der Waals surface area contributed by atoms with Gasteiger partial charge in [-0.2, -0.15) is 5.10 Å². The predicted octanol–water partition coefficient (Wildman–Crippen LogP) is 1.58. The van der Waals surface area contributed by atoms with Crippen molar-refractivity contribution in [3.63, 3.8) is 0 Å². The van der Waals surface area contributed by atoms with Crippen LogP contribution in [0.4, 0.5) is 0 Å². The van der Waals surface area contributed by atoms with Crippen LogP contribution in [0, 0.1) is 0 Å². The summed E-state index contributed by atoms with van der Waals surface area (Å²) < 4.78 is 7.11. The van der Waals surface area contributed by atoms with Gasteiger partial charge in [0.25, 0.3) is 0 Å². The fourth-order valence-electron chi connectivity index (χ4n) is 1.55. The Hall–Kier alpha value is -1.36. The molecule has 1 aromatic rings. The Morgan fingerprint density at radius 1 is 1.56 bits per heavy atom. The number of nitrogens with zero attached hydrogens (tertiary/aromatic N) is 3. The maximum Gasteiger partial charge on any atom is 0.323 e. The lowest BCUT2D eigenvalue weighted by molar-refractivity contribution is -0.160. The molecule has 1 rings (SSSR count). The number of ether oxygens (including phenoxy) is 1. The molecule has 0 aliphatic rings. The molecular weight excluding hydrogens is 230 g/mol. The second kappa shape index (κ2) is 5.52. The van der Waals surface area contributed by atoms with E-state index in [1.165, 1.54) is 0 Å². The molecule has 0 saturated heterocycles. The molecule has 18 heavy (non-hydrogen) atoms. The summed E-state index contributed by atoms with van der Waals surface area (Å²) in [5.41, 5.74) is 0.635. The quantitative estimate of drug-likeness (QED) is 0.764. The number of hydrogen-bond acceptors (Lipinski definition) is 4. The van der Waals surface area contributed by atoms with E-state index in [1.54, 1.807) is 10.9 Å². The van der Waals surface area contributed by atoms with E-state index in [1.807, 2.05) is 52.9 Å². The van der Waals surface area contributed by atoms with Crippen molar-refractivity contribution in [2.45, 2.75) is 45.9 Å². The van der Waals surface area contributed by atoms with E-state index in [4.69, 9.17) is 4.74 Å². The Morgan fingerprint density at radius 3 is 2.61 bits per heavy atom. The highest BCUT2D eigenvalue weighted by Crippen LogP contribution is 2.12. The van der Waals surface area contributed by atoms with Crippen LogP contribution in [-0.2, 0) is 23.1 Å². The monoisotopic (exact) mass is 253 g/mol. The number of carbonyl (C=O) groups is 1. The van der Waals surface area contributed by atoms with Crippen molar-refractivity contribution in [3.05, 3.63) is 18.0 Å². The summed E-state index contributed by atoms with van der Waals surface area (Å²) >= 11 is 0. The SMILES string of the molecule is CC(C(=O)OC(C)(C)C)N(C)Cc1cnn(C)c1. The van der Waals surface area contributed by atoms with Crippen LogP contribution in [0.15, 0.2) is 12.4 Å². The maximum absolute atomic E-state index is 11.9. The third-order valence-corrected chi connectivity index (χ3v) is 2.60. The van der Waals surface area contributed by atoms with Gasteiger partial charge < -0.3 is 4.74 Å². The molecule has 0 saturated carbocycles. The van der Waals surface area contributed by atoms with E-state index in [2.05, 4.69) is 5.10 Å². The number of rotatable bonds is 4. The van der Waals surface area contributed by atoms with Gasteiger partial charge in [0.15, 0.2) is 0 Å². The molecule has 0 radical (unpaired) electrons. The molecule has 5 nitrogen and oxygen atoms in total. The zero-order chi connectivity index (χ0) is 13.9. The first-order valence-electron chi connectivity index (χ1n) is 6.09. The van der Waals surface area contributed by atoms with Crippen molar-refractivity contribution >= 4 is 5.97 Å². The molecule has 1 unspecified atom stereocenters. The Morgan fingerprint density at radius 2 is 2.17 bits per heavy atom. The van der Waals surface area contributed by atoms with Crippen molar-refractivity contribution in [2.75, 3.05) is 7.05 Å². The third kappa shape index (κ3) is 4.49. The van der Waals surface area contributed by atoms with Gasteiger partial charge in [0.2, 0.25) is 0 Å². The van der Waals surface area contributed by atoms with Crippen LogP contribution in [0.3, 0.4) is 0 Å². The minimum Gasteiger partial charge on any atom is -0.459 e. The highest BCUT2D eigenvalue weighted by Gasteiger charge is 2.24. The molecule has 0 amide bonds. The first-order valence-corrected chi connectivity index (χ1v) is 6.09. The minimum absolute atomic E-state index is 0.200. The van der Waals surface area contributed by atoms with Crippen molar-refractivity contribution in [1.82, 2.24) is 14.7 Å². The lowest BCUT2D eigenvalue weighted by Crippen LogP contribution is -2.40. The molecule has 0 spiro atoms. The zero-order valence-electron chi connectivity index (χ0n) is 12.1. The molecule has 0 aliphatic carbocycles. The highest BCUT2D eigenvalue weighted by molar-refractivity contribution is 5.75. The molecule has 0 aromatic carbocycles. The van der Waals surface area contributed by atoms with Crippen LogP contribution < -0.4 is 0 Å². The first-order chi connectivity index (χ1) is 8.19. The average molecular weight is 253 g/mol. The van der Waals surface area contributed by atoms with Crippen LogP contribution in [0.1, 0.15) is 33.3 Å². The minimum atomic E-state index is -0.444. The van der Waals surface area contributed by atoms with Crippen LogP contribution in [-0.4, -0.2) is 39.3 Å². The fourth-order valence-corrected chi connectivity index (χ4v) is 1.55. The van der Waals surface area contributed by atoms with Gasteiger partial charge in [-0.25, -0.2) is 0 Å². The van der Waals surface area contributed by atoms with Crippen molar-refractivity contribution < 1.29 is 9.53 Å². The lowest BCUT2D eigenvalue weighted by Gasteiger charge is -2.27. The number of carbonyl (C=O) groups excluding carboxylic acids is 1. The summed E-state index contributed by atoms with van der Waals surface area (Å²) in [6.45, 7) is 8.15. The van der Waals surface area contributed by atoms with Gasteiger partial charge in [-0.1, -0.05) is 0 Å². The molecule has 1 aromatic heterocycles. The molecular formula is C13H23N3O2. The van der Waals surface area contributed by atoms with E-state index >= 15 is 0 Å². The summed E-state index contributed by atoms with van der Waals surface area (Å²) in [5.74, 6) is -0.200. The molecule has 0 fully saturated rings. The molecule has 1 atom stereocenters. The van der Waals surface area contributed by atoms with Crippen LogP contribution >= 0.6 is 0 Å². The smallest absolute Gasteiger partial charge is 0.323 e. The van der Waals surface area contributed by atoms with Gasteiger partial charge >= 0.3 is 5.97 Å². The third-order valence-electron chi connectivity index (χ3n) is 2.60. The molecule has 0 bridgehead atoms. The van der Waals surface area contributed by atoms with Gasteiger partial charge in [0.1, 0.15) is 11.6 Å². The number of aromatic nitrogens is 2. The average Bonchev–Trinajstić information content (AvgIpc) is 2.60. The normalized spacial score (nSPS) is 13.7. The first kappa shape index (κ1) is 14.7. The predicted molar refractivity (Wildman–Crippen MR) is 70.0 cm³/mol. The standard InChI is InChI=1S/C13H23N3O2/c1-10(12(17)18-13(2,3)4)15(5)8-11-7-14-16(6)9-11/h7,9-10H,8H2,1-6H3. The summed E-state index contributed by atoms with van der Waals surface area (Å²) in [6, 6.07) is -0.274. The van der Waals surface area contributed by atoms with Gasteiger partial charge in [-0.3, -0.25) is 14.4 Å². The molecule has 102 valence electrons. The van der Waals surface area contributed by atoms with Crippen molar-refractivity contribution in [2.24, 2.45) is 7.05 Å². The molecule has 5 heteroatoms.